The molecular formula is C34H44Cl2N3O13P. The summed E-state index contributed by atoms with van der Waals surface area (Å²) in [6.45, 7) is 2.92. The van der Waals surface area contributed by atoms with Gasteiger partial charge in [0, 0.05) is 73.4 Å². The number of hydrogen-bond donors (Lipinski definition) is 7. The van der Waals surface area contributed by atoms with Gasteiger partial charge >= 0.3 is 7.67 Å². The Bertz CT molecular complexity index is 1770. The van der Waals surface area contributed by atoms with Gasteiger partial charge < -0.3 is 50.0 Å². The van der Waals surface area contributed by atoms with Crippen molar-refractivity contribution in [2.45, 2.75) is 68.9 Å². The molecule has 1 unspecified atom stereocenters. The molecule has 0 spiro atoms. The zero-order valence-corrected chi connectivity index (χ0v) is 31.5. The molecule has 16 nitrogen and oxygen atoms in total. The second-order valence-electron chi connectivity index (χ2n) is 13.1. The number of fused-ring (bicyclic) bond motifs is 3. The number of aromatic hydroxyl groups is 2. The fraction of sp³-hybridized carbons (Fsp3) is 0.559. The van der Waals surface area contributed by atoms with Crippen molar-refractivity contribution in [3.63, 3.8) is 0 Å². The van der Waals surface area contributed by atoms with Gasteiger partial charge in [-0.1, -0.05) is 12.1 Å². The lowest BCUT2D eigenvalue weighted by atomic mass is 9.72. The second kappa shape index (κ2) is 17.0. The number of aliphatic hydroxyl groups is 3. The molecule has 2 fully saturated rings. The normalized spacial score (nSPS) is 29.7. The average molecular weight is 805 g/mol. The number of carbonyl (C=O) groups excluding carboxylic acids is 3. The van der Waals surface area contributed by atoms with E-state index in [-0.39, 0.29) is 34.4 Å². The number of ether oxygens (including phenoxy) is 3. The van der Waals surface area contributed by atoms with Crippen molar-refractivity contribution >= 4 is 48.2 Å². The number of aliphatic hydroxyl groups excluding tert-OH is 2. The molecule has 53 heavy (non-hydrogen) atoms. The Hall–Kier alpha value is -2.70. The quantitative estimate of drug-likeness (QED) is 0.0879. The van der Waals surface area contributed by atoms with Crippen LogP contribution in [-0.4, -0.2) is 129 Å². The first kappa shape index (κ1) is 41.5. The summed E-state index contributed by atoms with van der Waals surface area (Å²) in [5, 5.41) is 56.5. The van der Waals surface area contributed by atoms with Crippen molar-refractivity contribution in [2.75, 3.05) is 51.7 Å². The number of hydrogen-bond acceptors (Lipinski definition) is 14. The summed E-state index contributed by atoms with van der Waals surface area (Å²) in [5.41, 5.74) is 2.37. The minimum atomic E-state index is -2.84. The van der Waals surface area contributed by atoms with Gasteiger partial charge in [-0.05, 0) is 19.4 Å². The monoisotopic (exact) mass is 803 g/mol. The van der Waals surface area contributed by atoms with Crippen molar-refractivity contribution in [1.29, 1.82) is 0 Å². The molecule has 2 aliphatic heterocycles. The number of benzene rings is 2. The van der Waals surface area contributed by atoms with E-state index in [0.29, 0.717) is 31.5 Å². The van der Waals surface area contributed by atoms with Gasteiger partial charge in [-0.25, -0.2) is 9.76 Å². The van der Waals surface area contributed by atoms with Gasteiger partial charge in [0.15, 0.2) is 17.9 Å². The maximum Gasteiger partial charge on any atom is 0.343 e. The van der Waals surface area contributed by atoms with Gasteiger partial charge in [0.05, 0.1) is 48.7 Å². The topological polar surface area (TPSA) is 248 Å². The predicted octanol–water partition coefficient (Wildman–Crippen LogP) is 1.89. The van der Waals surface area contributed by atoms with Crippen LogP contribution < -0.4 is 15.6 Å². The summed E-state index contributed by atoms with van der Waals surface area (Å²) in [6, 6.07) is 3.64. The van der Waals surface area contributed by atoms with Crippen LogP contribution in [0, 0.1) is 0 Å². The van der Waals surface area contributed by atoms with Gasteiger partial charge in [-0.2, -0.15) is 0 Å². The van der Waals surface area contributed by atoms with Gasteiger partial charge in [0.25, 0.3) is 0 Å². The van der Waals surface area contributed by atoms with Crippen LogP contribution in [0.1, 0.15) is 75.3 Å². The average Bonchev–Trinajstić information content (AvgIpc) is 3.13. The Labute approximate surface area is 315 Å². The van der Waals surface area contributed by atoms with Crippen LogP contribution >= 0.6 is 30.9 Å². The number of nitrogens with zero attached hydrogens (tertiary/aromatic N) is 1. The van der Waals surface area contributed by atoms with Gasteiger partial charge in [-0.15, -0.1) is 23.2 Å². The van der Waals surface area contributed by atoms with Crippen molar-refractivity contribution in [2.24, 2.45) is 5.73 Å². The molecule has 0 amide bonds. The highest BCUT2D eigenvalue weighted by atomic mass is 35.5. The van der Waals surface area contributed by atoms with Crippen LogP contribution in [0.5, 0.6) is 17.2 Å². The molecule has 2 aromatic carbocycles. The summed E-state index contributed by atoms with van der Waals surface area (Å²) in [7, 11) is -1.52. The van der Waals surface area contributed by atoms with Gasteiger partial charge in [0.1, 0.15) is 29.5 Å². The highest BCUT2D eigenvalue weighted by molar-refractivity contribution is 7.54. The zero-order valence-electron chi connectivity index (χ0n) is 29.1. The van der Waals surface area contributed by atoms with E-state index in [4.69, 9.17) is 47.7 Å². The zero-order chi connectivity index (χ0) is 38.8. The lowest BCUT2D eigenvalue weighted by Gasteiger charge is -2.42. The van der Waals surface area contributed by atoms with E-state index in [1.165, 1.54) is 25.3 Å². The molecule has 0 aromatic heterocycles. The first-order valence-corrected chi connectivity index (χ1v) is 19.7. The lowest BCUT2D eigenvalue weighted by molar-refractivity contribution is -0.247. The van der Waals surface area contributed by atoms with Crippen LogP contribution in [0.15, 0.2) is 18.2 Å². The third-order valence-corrected chi connectivity index (χ3v) is 12.4. The van der Waals surface area contributed by atoms with Crippen molar-refractivity contribution < 1.29 is 63.2 Å². The Morgan fingerprint density at radius 1 is 1.15 bits per heavy atom. The molecular weight excluding hydrogens is 760 g/mol. The van der Waals surface area contributed by atoms with Crippen LogP contribution in [0.25, 0.3) is 0 Å². The van der Waals surface area contributed by atoms with E-state index < -0.39 is 103 Å². The first-order valence-electron chi connectivity index (χ1n) is 17.0. The Morgan fingerprint density at radius 2 is 1.87 bits per heavy atom. The van der Waals surface area contributed by atoms with E-state index in [1.54, 1.807) is 11.6 Å². The summed E-state index contributed by atoms with van der Waals surface area (Å²) in [4.78, 5) is 39.7. The molecule has 2 heterocycles. The fourth-order valence-corrected chi connectivity index (χ4v) is 9.61. The van der Waals surface area contributed by atoms with Crippen molar-refractivity contribution in [1.82, 2.24) is 9.76 Å². The molecule has 2 aromatic rings. The molecule has 0 saturated carbocycles. The molecule has 2 saturated heterocycles. The number of rotatable bonds is 10. The number of carbonyl (C=O) groups is 3. The number of nitrogens with one attached hydrogen (secondary N) is 1. The fourth-order valence-electron chi connectivity index (χ4n) is 7.07. The highest BCUT2D eigenvalue weighted by Gasteiger charge is 2.50. The molecule has 6 rings (SSSR count). The van der Waals surface area contributed by atoms with Gasteiger partial charge in [0.2, 0.25) is 5.78 Å². The summed E-state index contributed by atoms with van der Waals surface area (Å²) in [5.74, 6) is -2.90. The third-order valence-electron chi connectivity index (χ3n) is 9.75. The molecule has 4 aliphatic rings. The molecule has 19 heteroatoms. The molecule has 0 radical (unpaired) electrons. The lowest BCUT2D eigenvalue weighted by Crippen LogP contribution is -2.53. The summed E-state index contributed by atoms with van der Waals surface area (Å²) >= 11 is 11.1. The number of halogens is 2. The maximum atomic E-state index is 13.6. The number of methoxy groups -OCH3 is 1. The highest BCUT2D eigenvalue weighted by Crippen LogP contribution is 2.53. The Kier molecular flexibility index (Phi) is 13.3. The maximum absolute atomic E-state index is 13.6. The first-order chi connectivity index (χ1) is 25.2. The molecule has 2 aliphatic carbocycles. The van der Waals surface area contributed by atoms with Crippen molar-refractivity contribution in [3.8, 4) is 17.2 Å². The summed E-state index contributed by atoms with van der Waals surface area (Å²) in [6.07, 6.45) is -4.23. The largest absolute Gasteiger partial charge is 0.507 e. The number of nitrogens with two attached hydrogens (primary N) is 1. The van der Waals surface area contributed by atoms with E-state index >= 15 is 0 Å². The van der Waals surface area contributed by atoms with E-state index in [9.17, 15) is 44.5 Å². The van der Waals surface area contributed by atoms with Gasteiger partial charge in [-0.3, -0.25) is 18.9 Å². The van der Waals surface area contributed by atoms with Crippen LogP contribution in [0.2, 0.25) is 0 Å². The molecule has 8 N–H and O–H groups in total. The minimum absolute atomic E-state index is 0.0173. The van der Waals surface area contributed by atoms with E-state index in [0.717, 1.165) is 13.0 Å². The van der Waals surface area contributed by atoms with Crippen LogP contribution in [0.3, 0.4) is 0 Å². The number of ketones is 3. The van der Waals surface area contributed by atoms with Crippen LogP contribution in [-0.2, 0) is 29.8 Å². The van der Waals surface area contributed by atoms with E-state index in [2.05, 4.69) is 5.09 Å². The van der Waals surface area contributed by atoms with Crippen molar-refractivity contribution in [3.05, 3.63) is 51.6 Å². The molecule has 7 atom stereocenters. The number of Topliss-reactive ketones (excluding diaryl/α,β-unsaturated/α-hetero) is 1. The second-order valence-corrected chi connectivity index (χ2v) is 16.0. The van der Waals surface area contributed by atoms with E-state index in [1.807, 2.05) is 0 Å². The Morgan fingerprint density at radius 3 is 2.51 bits per heavy atom. The summed E-state index contributed by atoms with van der Waals surface area (Å²) < 4.78 is 36.2. The third kappa shape index (κ3) is 8.02. The Balaban J connectivity index is 0.000000326. The van der Waals surface area contributed by atoms with Crippen LogP contribution in [0.4, 0.5) is 0 Å². The molecule has 292 valence electrons. The number of phenols is 2. The number of phenolic OH excluding ortho intramolecular Hbond substituents is 2. The smallest absolute Gasteiger partial charge is 0.343 e. The standard InChI is InChI=1S/C27H29NO11.C7H15Cl2N2O2P/c1-10-22(31)13(28)6-17(38-10)39-15-8-27(36,16(30)9-29)7-12-19(15)26(35)21-20(24(12)33)23(32)11-4-3-5-14(37-2)18(11)25(21)34;8-2-4-10-14(12)11(6-3-9)5-1-7-13-14/h3-5,10,13,15,17,22,29,31,33,35-36H,6-9,28H2,1-2H3;1-7H2,(H,10,12)/t10-,13-,15-,17-,22+,27-;/m0./s1. The molecule has 0 bridgehead atoms. The SMILES string of the molecule is COc1cccc2c1C(=O)c1c(O)c3c(c(O)c1C2=O)C[C@@](O)(C(=O)CO)C[C@@H]3O[C@H]1C[C@H](N)[C@H](O)[C@H](C)O1.O=P1(NCCCl)OCCCN1CCCl. The predicted molar refractivity (Wildman–Crippen MR) is 191 cm³/mol. The minimum Gasteiger partial charge on any atom is -0.507 e. The number of alkyl halides is 2.